The molecule has 0 bridgehead atoms. The highest BCUT2D eigenvalue weighted by atomic mass is 16.2. The van der Waals surface area contributed by atoms with Crippen molar-refractivity contribution in [3.63, 3.8) is 0 Å². The maximum atomic E-state index is 12.2. The molecule has 0 aliphatic heterocycles. The lowest BCUT2D eigenvalue weighted by Gasteiger charge is -2.09. The molecule has 0 aliphatic carbocycles. The van der Waals surface area contributed by atoms with Crippen LogP contribution in [0.15, 0.2) is 30.7 Å². The van der Waals surface area contributed by atoms with Crippen LogP contribution in [0.25, 0.3) is 11.0 Å². The first-order valence-corrected chi connectivity index (χ1v) is 7.13. The summed E-state index contributed by atoms with van der Waals surface area (Å²) in [4.78, 5) is 32.2. The number of imidazole rings is 1. The van der Waals surface area contributed by atoms with E-state index in [1.807, 2.05) is 12.1 Å². The molecule has 10 heteroatoms. The van der Waals surface area contributed by atoms with Gasteiger partial charge in [0.15, 0.2) is 5.82 Å². The molecule has 0 fully saturated rings. The molecule has 0 aliphatic rings. The zero-order valence-corrected chi connectivity index (χ0v) is 13.1. The quantitative estimate of drug-likeness (QED) is 0.656. The summed E-state index contributed by atoms with van der Waals surface area (Å²) >= 11 is 0. The first kappa shape index (κ1) is 15.5. The highest BCUT2D eigenvalue weighted by Gasteiger charge is 2.11. The fourth-order valence-electron chi connectivity index (χ4n) is 2.06. The van der Waals surface area contributed by atoms with Gasteiger partial charge in [-0.15, -0.1) is 5.10 Å². The first-order valence-electron chi connectivity index (χ1n) is 7.13. The second-order valence-electron chi connectivity index (χ2n) is 5.28. The maximum Gasteiger partial charge on any atom is 0.322 e. The van der Waals surface area contributed by atoms with Crippen molar-refractivity contribution in [2.75, 3.05) is 24.7 Å². The van der Waals surface area contributed by atoms with Crippen LogP contribution < -0.4 is 10.6 Å². The van der Waals surface area contributed by atoms with Crippen molar-refractivity contribution in [3.05, 3.63) is 30.7 Å². The van der Waals surface area contributed by atoms with Crippen molar-refractivity contribution >= 4 is 34.5 Å². The van der Waals surface area contributed by atoms with Gasteiger partial charge in [-0.25, -0.2) is 14.5 Å². The van der Waals surface area contributed by atoms with E-state index >= 15 is 0 Å². The van der Waals surface area contributed by atoms with Crippen molar-refractivity contribution in [3.8, 4) is 0 Å². The molecule has 3 N–H and O–H groups in total. The number of H-pyrrole nitrogens is 1. The predicted molar refractivity (Wildman–Crippen MR) is 87.5 cm³/mol. The molecule has 3 aromatic rings. The summed E-state index contributed by atoms with van der Waals surface area (Å²) in [7, 11) is 3.23. The number of hydrogen-bond acceptors (Lipinski definition) is 5. The second-order valence-corrected chi connectivity index (χ2v) is 5.28. The fraction of sp³-hybridized carbons (Fsp3) is 0.214. The predicted octanol–water partition coefficient (Wildman–Crippen LogP) is 0.887. The number of carbonyl (C=O) groups is 2. The van der Waals surface area contributed by atoms with Gasteiger partial charge in [-0.2, -0.15) is 0 Å². The summed E-state index contributed by atoms with van der Waals surface area (Å²) in [5, 5.41) is 12.9. The van der Waals surface area contributed by atoms with Crippen LogP contribution in [0.4, 0.5) is 16.3 Å². The van der Waals surface area contributed by atoms with E-state index in [1.165, 1.54) is 15.8 Å². The second kappa shape index (κ2) is 6.36. The van der Waals surface area contributed by atoms with Crippen molar-refractivity contribution in [2.45, 2.75) is 6.54 Å². The van der Waals surface area contributed by atoms with Gasteiger partial charge in [0.05, 0.1) is 23.7 Å². The summed E-state index contributed by atoms with van der Waals surface area (Å²) in [6.07, 6.45) is 3.05. The van der Waals surface area contributed by atoms with Gasteiger partial charge in [-0.05, 0) is 12.1 Å². The first-order chi connectivity index (χ1) is 11.5. The number of benzene rings is 1. The van der Waals surface area contributed by atoms with E-state index in [1.54, 1.807) is 26.5 Å². The van der Waals surface area contributed by atoms with Crippen LogP contribution in [0, 0.1) is 0 Å². The van der Waals surface area contributed by atoms with Crippen LogP contribution in [0.5, 0.6) is 0 Å². The number of aromatic nitrogens is 5. The number of aromatic amines is 1. The Kier molecular flexibility index (Phi) is 4.10. The Balaban J connectivity index is 1.64. The van der Waals surface area contributed by atoms with E-state index in [2.05, 4.69) is 30.9 Å². The van der Waals surface area contributed by atoms with Gasteiger partial charge in [0.25, 0.3) is 0 Å². The number of nitrogens with one attached hydrogen (secondary N) is 3. The van der Waals surface area contributed by atoms with Gasteiger partial charge in [-0.1, -0.05) is 11.3 Å². The molecule has 2 aromatic heterocycles. The molecule has 3 amide bonds. The molecule has 2 heterocycles. The Hall–Kier alpha value is -3.43. The Morgan fingerprint density at radius 3 is 2.92 bits per heavy atom. The molecule has 0 atom stereocenters. The topological polar surface area (TPSA) is 121 Å². The Morgan fingerprint density at radius 1 is 1.29 bits per heavy atom. The largest absolute Gasteiger partial charge is 0.345 e. The van der Waals surface area contributed by atoms with E-state index in [4.69, 9.17) is 0 Å². The zero-order chi connectivity index (χ0) is 17.1. The van der Waals surface area contributed by atoms with Crippen LogP contribution in [0.3, 0.4) is 0 Å². The average Bonchev–Trinajstić information content (AvgIpc) is 3.17. The highest BCUT2D eigenvalue weighted by Crippen LogP contribution is 2.19. The minimum absolute atomic E-state index is 0.0361. The molecule has 10 nitrogen and oxygen atoms in total. The fourth-order valence-corrected chi connectivity index (χ4v) is 2.06. The standard InChI is InChI=1S/C14H16N8O2/c1-21(2)14(24)18-11-6-22(20-19-11)7-12(23)17-10-5-3-4-9-13(10)16-8-15-9/h3-6,8H,7H2,1-2H3,(H,15,16)(H,17,23)(H,18,24). The van der Waals surface area contributed by atoms with E-state index in [0.29, 0.717) is 11.2 Å². The zero-order valence-electron chi connectivity index (χ0n) is 13.1. The Labute approximate surface area is 136 Å². The third-order valence-corrected chi connectivity index (χ3v) is 3.21. The third kappa shape index (κ3) is 3.32. The Morgan fingerprint density at radius 2 is 2.12 bits per heavy atom. The van der Waals surface area contributed by atoms with Crippen molar-refractivity contribution in [1.82, 2.24) is 29.9 Å². The van der Waals surface area contributed by atoms with Gasteiger partial charge in [0.1, 0.15) is 12.1 Å². The van der Waals surface area contributed by atoms with Crippen LogP contribution in [-0.4, -0.2) is 55.9 Å². The molecule has 0 radical (unpaired) electrons. The molecule has 0 saturated carbocycles. The third-order valence-electron chi connectivity index (χ3n) is 3.21. The number of fused-ring (bicyclic) bond motifs is 1. The highest BCUT2D eigenvalue weighted by molar-refractivity contribution is 5.99. The molecular weight excluding hydrogens is 312 g/mol. The molecule has 0 saturated heterocycles. The number of amides is 3. The maximum absolute atomic E-state index is 12.2. The van der Waals surface area contributed by atoms with Gasteiger partial charge in [-0.3, -0.25) is 10.1 Å². The van der Waals surface area contributed by atoms with Gasteiger partial charge < -0.3 is 15.2 Å². The van der Waals surface area contributed by atoms with Crippen LogP contribution in [-0.2, 0) is 11.3 Å². The number of hydrogen-bond donors (Lipinski definition) is 3. The van der Waals surface area contributed by atoms with Crippen molar-refractivity contribution in [2.24, 2.45) is 0 Å². The summed E-state index contributed by atoms with van der Waals surface area (Å²) in [5.74, 6) is -0.00297. The number of anilines is 2. The van der Waals surface area contributed by atoms with E-state index < -0.39 is 0 Å². The average molecular weight is 328 g/mol. The molecule has 0 unspecified atom stereocenters. The number of para-hydroxylation sites is 1. The molecular formula is C14H16N8O2. The minimum Gasteiger partial charge on any atom is -0.345 e. The number of nitrogens with zero attached hydrogens (tertiary/aromatic N) is 5. The number of rotatable bonds is 4. The summed E-state index contributed by atoms with van der Waals surface area (Å²) in [6.45, 7) is -0.0361. The number of urea groups is 1. The van der Waals surface area contributed by atoms with Crippen LogP contribution in [0.1, 0.15) is 0 Å². The van der Waals surface area contributed by atoms with E-state index in [9.17, 15) is 9.59 Å². The summed E-state index contributed by atoms with van der Waals surface area (Å²) in [5.41, 5.74) is 2.13. The minimum atomic E-state index is -0.322. The molecule has 0 spiro atoms. The lowest BCUT2D eigenvalue weighted by molar-refractivity contribution is -0.116. The summed E-state index contributed by atoms with van der Waals surface area (Å²) in [6, 6.07) is 5.14. The SMILES string of the molecule is CN(C)C(=O)Nc1cn(CC(=O)Nc2cccc3[nH]cnc23)nn1. The van der Waals surface area contributed by atoms with E-state index in [0.717, 1.165) is 5.52 Å². The number of carbonyl (C=O) groups excluding carboxylic acids is 2. The van der Waals surface area contributed by atoms with Gasteiger partial charge >= 0.3 is 6.03 Å². The van der Waals surface area contributed by atoms with E-state index in [-0.39, 0.29) is 24.3 Å². The van der Waals surface area contributed by atoms with Crippen LogP contribution >= 0.6 is 0 Å². The molecule has 24 heavy (non-hydrogen) atoms. The molecule has 3 rings (SSSR count). The molecule has 124 valence electrons. The normalized spacial score (nSPS) is 10.6. The lowest BCUT2D eigenvalue weighted by Crippen LogP contribution is -2.27. The van der Waals surface area contributed by atoms with Crippen molar-refractivity contribution < 1.29 is 9.59 Å². The van der Waals surface area contributed by atoms with Gasteiger partial charge in [0, 0.05) is 14.1 Å². The van der Waals surface area contributed by atoms with Crippen molar-refractivity contribution in [1.29, 1.82) is 0 Å². The smallest absolute Gasteiger partial charge is 0.322 e. The van der Waals surface area contributed by atoms with Gasteiger partial charge in [0.2, 0.25) is 5.91 Å². The monoisotopic (exact) mass is 328 g/mol. The molecule has 1 aromatic carbocycles. The van der Waals surface area contributed by atoms with Crippen LogP contribution in [0.2, 0.25) is 0 Å². The summed E-state index contributed by atoms with van der Waals surface area (Å²) < 4.78 is 1.34. The lowest BCUT2D eigenvalue weighted by atomic mass is 10.2. The Bertz CT molecular complexity index is 882.